The first kappa shape index (κ1) is 31.8. The van der Waals surface area contributed by atoms with E-state index in [1.54, 1.807) is 6.92 Å². The molecule has 0 spiro atoms. The summed E-state index contributed by atoms with van der Waals surface area (Å²) in [5, 5.41) is 17.6. The van der Waals surface area contributed by atoms with Crippen molar-refractivity contribution in [2.75, 3.05) is 18.4 Å². The van der Waals surface area contributed by atoms with Crippen molar-refractivity contribution < 1.29 is 19.2 Å². The van der Waals surface area contributed by atoms with Crippen molar-refractivity contribution in [2.24, 2.45) is 11.3 Å². The molecule has 9 nitrogen and oxygen atoms in total. The molecule has 9 heteroatoms. The number of fused-ring (bicyclic) bond motifs is 16. The zero-order valence-corrected chi connectivity index (χ0v) is 24.1. The third kappa shape index (κ3) is 11.9. The number of nitriles is 1. The maximum Gasteiger partial charge on any atom is 0.243 e. The van der Waals surface area contributed by atoms with Crippen molar-refractivity contribution in [1.29, 1.82) is 5.26 Å². The number of nitrogens with one attached hydrogen (secondary N) is 3. The zero-order valence-electron chi connectivity index (χ0n) is 24.1. The number of carbonyl (C=O) groups is 4. The average Bonchev–Trinajstić information content (AvgIpc) is 3.31. The van der Waals surface area contributed by atoms with Gasteiger partial charge in [0.25, 0.3) is 0 Å². The minimum atomic E-state index is -0.768. The zero-order chi connectivity index (χ0) is 29.0. The van der Waals surface area contributed by atoms with E-state index >= 15 is 0 Å². The maximum absolute atomic E-state index is 12.8. The van der Waals surface area contributed by atoms with Gasteiger partial charge in [0.05, 0.1) is 18.5 Å². The summed E-state index contributed by atoms with van der Waals surface area (Å²) in [5.41, 5.74) is 2.38. The second-order valence-corrected chi connectivity index (χ2v) is 12.1. The van der Waals surface area contributed by atoms with E-state index in [9.17, 15) is 24.4 Å². The summed E-state index contributed by atoms with van der Waals surface area (Å²) in [6, 6.07) is 8.33. The van der Waals surface area contributed by atoms with Gasteiger partial charge in [-0.1, -0.05) is 59.1 Å². The molecule has 1 saturated heterocycles. The lowest BCUT2D eigenvalue weighted by molar-refractivity contribution is -0.134. The Labute approximate surface area is 233 Å². The molecule has 0 radical (unpaired) electrons. The lowest BCUT2D eigenvalue weighted by Crippen LogP contribution is -2.48. The number of amides is 4. The van der Waals surface area contributed by atoms with Crippen LogP contribution in [0.1, 0.15) is 85.1 Å². The van der Waals surface area contributed by atoms with Gasteiger partial charge in [0.1, 0.15) is 12.1 Å². The highest BCUT2D eigenvalue weighted by Gasteiger charge is 2.38. The molecule has 0 saturated carbocycles. The van der Waals surface area contributed by atoms with Crippen molar-refractivity contribution in [3.8, 4) is 6.07 Å². The van der Waals surface area contributed by atoms with E-state index in [1.165, 1.54) is 10.5 Å². The molecule has 3 atom stereocenters. The van der Waals surface area contributed by atoms with Crippen LogP contribution in [0, 0.1) is 22.7 Å². The summed E-state index contributed by atoms with van der Waals surface area (Å²) in [4.78, 5) is 51.2. The van der Waals surface area contributed by atoms with Crippen LogP contribution in [0.4, 0.5) is 5.69 Å². The quantitative estimate of drug-likeness (QED) is 0.460. The standard InChI is InChI=1S/C25H33N5O4.C5H12/c1-17-24(33)27-15-23(32)30-16-19(13-21(30)14-26)25(34)29-20-11-9-18(10-12-20)7-5-3-2-4-6-8-22(31)28-17;1-5(2,3)4/h9-12,17,19,21H,2-8,13,15-16H2,1H3,(H,27,33)(H,28,31)(H,29,34);1-4H3/t17-,19?,21?;/m0./s1. The highest BCUT2D eigenvalue weighted by atomic mass is 16.2. The Balaban J connectivity index is 0.000000976. The number of hydrogen-bond acceptors (Lipinski definition) is 5. The smallest absolute Gasteiger partial charge is 0.243 e. The molecule has 3 N–H and O–H groups in total. The van der Waals surface area contributed by atoms with Gasteiger partial charge >= 0.3 is 0 Å². The number of aryl methyl sites for hydroxylation is 1. The summed E-state index contributed by atoms with van der Waals surface area (Å²) in [5.74, 6) is -1.84. The van der Waals surface area contributed by atoms with Gasteiger partial charge in [-0.2, -0.15) is 5.26 Å². The Morgan fingerprint density at radius 1 is 0.897 bits per heavy atom. The fraction of sp³-hybridized carbons (Fsp3) is 0.633. The molecule has 1 aromatic rings. The summed E-state index contributed by atoms with van der Waals surface area (Å²) in [6.45, 7) is 10.1. The number of rotatable bonds is 0. The van der Waals surface area contributed by atoms with Crippen molar-refractivity contribution in [2.45, 2.75) is 98.1 Å². The molecule has 0 aromatic heterocycles. The predicted molar refractivity (Wildman–Crippen MR) is 151 cm³/mol. The maximum atomic E-state index is 12.8. The Morgan fingerprint density at radius 2 is 1.49 bits per heavy atom. The summed E-state index contributed by atoms with van der Waals surface area (Å²) in [6.07, 6.45) is 6.43. The number of hydrogen-bond donors (Lipinski definition) is 3. The minimum absolute atomic E-state index is 0.114. The molecular weight excluding hydrogens is 494 g/mol. The van der Waals surface area contributed by atoms with Crippen LogP contribution < -0.4 is 16.0 Å². The Morgan fingerprint density at radius 3 is 2.10 bits per heavy atom. The first-order valence-corrected chi connectivity index (χ1v) is 14.0. The van der Waals surface area contributed by atoms with Crippen molar-refractivity contribution in [3.05, 3.63) is 29.8 Å². The van der Waals surface area contributed by atoms with Gasteiger partial charge in [0.15, 0.2) is 0 Å². The topological polar surface area (TPSA) is 131 Å². The van der Waals surface area contributed by atoms with Crippen LogP contribution in [-0.4, -0.2) is 53.7 Å². The molecule has 3 aliphatic rings. The summed E-state index contributed by atoms with van der Waals surface area (Å²) < 4.78 is 0. The normalized spacial score (nSPS) is 24.0. The molecule has 1 fully saturated rings. The van der Waals surface area contributed by atoms with E-state index in [-0.39, 0.29) is 31.3 Å². The van der Waals surface area contributed by atoms with E-state index in [0.717, 1.165) is 38.5 Å². The van der Waals surface area contributed by atoms with Crippen LogP contribution in [0.2, 0.25) is 0 Å². The molecule has 3 aliphatic heterocycles. The van der Waals surface area contributed by atoms with Gasteiger partial charge in [-0.25, -0.2) is 0 Å². The number of benzene rings is 1. The first-order chi connectivity index (χ1) is 18.4. The van der Waals surface area contributed by atoms with E-state index in [1.807, 2.05) is 24.3 Å². The molecule has 4 bridgehead atoms. The second-order valence-electron chi connectivity index (χ2n) is 12.1. The van der Waals surface area contributed by atoms with E-state index < -0.39 is 29.8 Å². The third-order valence-electron chi connectivity index (χ3n) is 6.42. The molecular formula is C30H45N5O4. The minimum Gasteiger partial charge on any atom is -0.345 e. The van der Waals surface area contributed by atoms with Crippen molar-refractivity contribution >= 4 is 29.3 Å². The van der Waals surface area contributed by atoms with Gasteiger partial charge in [-0.15, -0.1) is 0 Å². The number of anilines is 1. The highest BCUT2D eigenvalue weighted by Crippen LogP contribution is 2.25. The van der Waals surface area contributed by atoms with Gasteiger partial charge in [0.2, 0.25) is 23.6 Å². The number of carbonyl (C=O) groups excluding carboxylic acids is 4. The number of nitrogens with zero attached hydrogens (tertiary/aromatic N) is 2. The average molecular weight is 540 g/mol. The fourth-order valence-electron chi connectivity index (χ4n) is 4.36. The monoisotopic (exact) mass is 539 g/mol. The molecule has 4 rings (SSSR count). The summed E-state index contributed by atoms with van der Waals surface area (Å²) in [7, 11) is 0. The van der Waals surface area contributed by atoms with E-state index in [0.29, 0.717) is 17.5 Å². The molecule has 39 heavy (non-hydrogen) atoms. The largest absolute Gasteiger partial charge is 0.345 e. The lowest BCUT2D eigenvalue weighted by Gasteiger charge is -2.21. The molecule has 2 unspecified atom stereocenters. The van der Waals surface area contributed by atoms with Gasteiger partial charge < -0.3 is 20.9 Å². The summed E-state index contributed by atoms with van der Waals surface area (Å²) >= 11 is 0. The Kier molecular flexibility index (Phi) is 12.4. The fourth-order valence-corrected chi connectivity index (χ4v) is 4.36. The van der Waals surface area contributed by atoms with Crippen molar-refractivity contribution in [3.63, 3.8) is 0 Å². The molecule has 3 heterocycles. The van der Waals surface area contributed by atoms with Gasteiger partial charge in [-0.05, 0) is 55.7 Å². The van der Waals surface area contributed by atoms with E-state index in [4.69, 9.17) is 0 Å². The van der Waals surface area contributed by atoms with Crippen LogP contribution in [0.15, 0.2) is 24.3 Å². The molecule has 1 aromatic carbocycles. The lowest BCUT2D eigenvalue weighted by atomic mass is 10.0. The van der Waals surface area contributed by atoms with Crippen LogP contribution >= 0.6 is 0 Å². The SMILES string of the molecule is CC(C)(C)C.C[C@@H]1NC(=O)CCCCCCCc2ccc(cc2)NC(=O)C2CC(C#N)N(C2)C(=O)CNC1=O. The van der Waals surface area contributed by atoms with Crippen LogP contribution in [0.3, 0.4) is 0 Å². The third-order valence-corrected chi connectivity index (χ3v) is 6.42. The molecule has 214 valence electrons. The van der Waals surface area contributed by atoms with Crippen molar-refractivity contribution in [1.82, 2.24) is 15.5 Å². The highest BCUT2D eigenvalue weighted by molar-refractivity contribution is 5.94. The predicted octanol–water partition coefficient (Wildman–Crippen LogP) is 3.94. The van der Waals surface area contributed by atoms with E-state index in [2.05, 4.69) is 49.7 Å². The van der Waals surface area contributed by atoms with Crippen LogP contribution in [0.5, 0.6) is 0 Å². The van der Waals surface area contributed by atoms with Crippen LogP contribution in [0.25, 0.3) is 0 Å². The Bertz CT molecular complexity index is 1020. The first-order valence-electron chi connectivity index (χ1n) is 14.0. The van der Waals surface area contributed by atoms with Gasteiger partial charge in [0, 0.05) is 18.7 Å². The van der Waals surface area contributed by atoms with Crippen LogP contribution in [-0.2, 0) is 25.6 Å². The van der Waals surface area contributed by atoms with Gasteiger partial charge in [-0.3, -0.25) is 19.2 Å². The molecule has 0 aliphatic carbocycles. The Hall–Kier alpha value is -3.41. The molecule has 4 amide bonds. The second kappa shape index (κ2) is 15.2.